The van der Waals surface area contributed by atoms with Crippen LogP contribution in [0.2, 0.25) is 0 Å². The maximum Gasteiger partial charge on any atom is 0.326 e. The third kappa shape index (κ3) is 2.14. The minimum Gasteiger partial charge on any atom is -0.425 e. The van der Waals surface area contributed by atoms with E-state index in [1.807, 2.05) is 41.4 Å². The third-order valence-corrected chi connectivity index (χ3v) is 5.67. The number of fused-ring (bicyclic) bond motifs is 3. The number of carbonyl (C=O) groups excluding carboxylic acids is 1. The van der Waals surface area contributed by atoms with Gasteiger partial charge in [0.05, 0.1) is 5.69 Å². The second-order valence-electron chi connectivity index (χ2n) is 7.14. The predicted molar refractivity (Wildman–Crippen MR) is 96.4 cm³/mol. The number of carbonyl (C=O) groups is 1. The van der Waals surface area contributed by atoms with Crippen LogP contribution in [0.15, 0.2) is 41.3 Å². The van der Waals surface area contributed by atoms with Crippen molar-refractivity contribution in [2.24, 2.45) is 0 Å². The number of anilines is 1. The summed E-state index contributed by atoms with van der Waals surface area (Å²) in [5.74, 6) is 0.957. The number of aryl methyl sites for hydroxylation is 1. The van der Waals surface area contributed by atoms with E-state index in [9.17, 15) is 9.59 Å². The second-order valence-corrected chi connectivity index (χ2v) is 7.14. The van der Waals surface area contributed by atoms with E-state index in [1.54, 1.807) is 0 Å². The van der Waals surface area contributed by atoms with Gasteiger partial charge in [-0.3, -0.25) is 14.6 Å². The fourth-order valence-electron chi connectivity index (χ4n) is 4.19. The van der Waals surface area contributed by atoms with E-state index in [4.69, 9.17) is 4.74 Å². The largest absolute Gasteiger partial charge is 0.425 e. The maximum atomic E-state index is 12.5. The summed E-state index contributed by atoms with van der Waals surface area (Å²) in [5.41, 5.74) is 1.87. The van der Waals surface area contributed by atoms with E-state index in [0.29, 0.717) is 24.7 Å². The Bertz CT molecular complexity index is 994. The summed E-state index contributed by atoms with van der Waals surface area (Å²) in [6.45, 7) is 0.585. The van der Waals surface area contributed by atoms with E-state index in [-0.39, 0.29) is 11.5 Å². The molecule has 0 fully saturated rings. The Balaban J connectivity index is 1.51. The van der Waals surface area contributed by atoms with Crippen molar-refractivity contribution in [3.8, 4) is 5.75 Å². The van der Waals surface area contributed by atoms with Crippen LogP contribution in [0.3, 0.4) is 0 Å². The highest BCUT2D eigenvalue weighted by Crippen LogP contribution is 2.44. The van der Waals surface area contributed by atoms with Crippen LogP contribution in [0.1, 0.15) is 36.1 Å². The average molecular weight is 349 g/mol. The van der Waals surface area contributed by atoms with Gasteiger partial charge in [-0.1, -0.05) is 18.2 Å². The second kappa shape index (κ2) is 5.56. The molecule has 6 nitrogen and oxygen atoms in total. The molecule has 0 bridgehead atoms. The Morgan fingerprint density at radius 2 is 2.00 bits per heavy atom. The molecular formula is C20H19N3O3. The normalized spacial score (nSPS) is 23.7. The van der Waals surface area contributed by atoms with Gasteiger partial charge in [0, 0.05) is 23.9 Å². The average Bonchev–Trinajstić information content (AvgIpc) is 2.94. The van der Waals surface area contributed by atoms with Crippen LogP contribution < -0.4 is 15.2 Å². The molecule has 1 aromatic heterocycles. The Kier molecular flexibility index (Phi) is 3.29. The fourth-order valence-corrected chi connectivity index (χ4v) is 4.19. The van der Waals surface area contributed by atoms with Gasteiger partial charge in [0.15, 0.2) is 0 Å². The molecule has 6 heteroatoms. The predicted octanol–water partition coefficient (Wildman–Crippen LogP) is 2.23. The molecule has 0 amide bonds. The lowest BCUT2D eigenvalue weighted by atomic mass is 9.77. The van der Waals surface area contributed by atoms with Crippen molar-refractivity contribution in [3.63, 3.8) is 0 Å². The van der Waals surface area contributed by atoms with Crippen molar-refractivity contribution < 1.29 is 9.53 Å². The number of H-pyrrole nitrogens is 1. The van der Waals surface area contributed by atoms with Crippen LogP contribution in [0, 0.1) is 0 Å². The highest BCUT2D eigenvalue weighted by atomic mass is 16.5. The summed E-state index contributed by atoms with van der Waals surface area (Å²) in [6.07, 6.45) is 8.09. The number of ether oxygens (including phenoxy) is 1. The molecule has 0 radical (unpaired) electrons. The van der Waals surface area contributed by atoms with Gasteiger partial charge in [-0.05, 0) is 44.2 Å². The van der Waals surface area contributed by atoms with Crippen molar-refractivity contribution in [2.45, 2.75) is 37.5 Å². The van der Waals surface area contributed by atoms with Gasteiger partial charge in [-0.25, -0.2) is 4.98 Å². The minimum absolute atomic E-state index is 0.0380. The van der Waals surface area contributed by atoms with Gasteiger partial charge in [0.2, 0.25) is 5.95 Å². The summed E-state index contributed by atoms with van der Waals surface area (Å²) >= 11 is 0. The smallest absolute Gasteiger partial charge is 0.326 e. The number of hydrogen-bond acceptors (Lipinski definition) is 5. The van der Waals surface area contributed by atoms with Crippen LogP contribution in [0.5, 0.6) is 5.75 Å². The topological polar surface area (TPSA) is 75.3 Å². The number of nitrogens with zero attached hydrogens (tertiary/aromatic N) is 2. The third-order valence-electron chi connectivity index (χ3n) is 5.67. The van der Waals surface area contributed by atoms with E-state index in [0.717, 1.165) is 42.5 Å². The van der Waals surface area contributed by atoms with Gasteiger partial charge in [-0.15, -0.1) is 0 Å². The molecule has 1 aliphatic carbocycles. The maximum absolute atomic E-state index is 12.5. The van der Waals surface area contributed by atoms with Crippen molar-refractivity contribution in [3.05, 3.63) is 63.7 Å². The quantitative estimate of drug-likeness (QED) is 0.631. The summed E-state index contributed by atoms with van der Waals surface area (Å²) in [6, 6.07) is 7.56. The molecule has 5 rings (SSSR count). The molecule has 1 N–H and O–H groups in total. The molecule has 2 aliphatic heterocycles. The molecular weight excluding hydrogens is 330 g/mol. The lowest BCUT2D eigenvalue weighted by molar-refractivity contribution is -0.136. The van der Waals surface area contributed by atoms with E-state index in [1.165, 1.54) is 0 Å². The highest BCUT2D eigenvalue weighted by molar-refractivity contribution is 5.93. The first-order valence-corrected chi connectivity index (χ1v) is 9.07. The van der Waals surface area contributed by atoms with Gasteiger partial charge in [0.25, 0.3) is 5.56 Å². The molecule has 2 aromatic rings. The van der Waals surface area contributed by atoms with Crippen LogP contribution >= 0.6 is 0 Å². The fraction of sp³-hybridized carbons (Fsp3) is 0.350. The van der Waals surface area contributed by atoms with Crippen LogP contribution in [-0.2, 0) is 23.1 Å². The zero-order valence-electron chi connectivity index (χ0n) is 14.3. The molecule has 26 heavy (non-hydrogen) atoms. The minimum atomic E-state index is -0.735. The first-order valence-electron chi connectivity index (χ1n) is 9.07. The van der Waals surface area contributed by atoms with Crippen molar-refractivity contribution >= 4 is 11.9 Å². The summed E-state index contributed by atoms with van der Waals surface area (Å²) in [4.78, 5) is 34.4. The monoisotopic (exact) mass is 349 g/mol. The number of aromatic nitrogens is 2. The standard InChI is InChI=1S/C20H19N3O3/c24-17-13-5-1-3-7-15(13)21-19(22-17)23-11-9-20(10-12-23)14-6-2-4-8-16(14)26-18(20)25/h2,4,6,8-9,11H,1,3,5,7,10,12H2,(H,21,22,24)/t20-/m0/s1. The SMILES string of the molecule is O=C1Oc2ccccc2[C@@]12C=CN(c1nc3c(c(=O)[nH]1)CCCC3)CC2. The number of aromatic amines is 1. The Hall–Kier alpha value is -2.89. The lowest BCUT2D eigenvalue weighted by Gasteiger charge is -2.32. The van der Waals surface area contributed by atoms with E-state index >= 15 is 0 Å². The van der Waals surface area contributed by atoms with Gasteiger partial charge >= 0.3 is 5.97 Å². The highest BCUT2D eigenvalue weighted by Gasteiger charge is 2.48. The summed E-state index contributed by atoms with van der Waals surface area (Å²) in [7, 11) is 0. The van der Waals surface area contributed by atoms with Crippen molar-refractivity contribution in [1.82, 2.24) is 9.97 Å². The van der Waals surface area contributed by atoms with E-state index in [2.05, 4.69) is 9.97 Å². The molecule has 1 spiro atoms. The van der Waals surface area contributed by atoms with Crippen LogP contribution in [0.25, 0.3) is 0 Å². The molecule has 0 saturated heterocycles. The number of esters is 1. The summed E-state index contributed by atoms with van der Waals surface area (Å²) in [5, 5.41) is 0. The number of para-hydroxylation sites is 1. The number of hydrogen-bond donors (Lipinski definition) is 1. The number of benzene rings is 1. The molecule has 0 unspecified atom stereocenters. The first kappa shape index (κ1) is 15.4. The Morgan fingerprint density at radius 1 is 1.15 bits per heavy atom. The Labute approximate surface area is 150 Å². The van der Waals surface area contributed by atoms with Crippen molar-refractivity contribution in [2.75, 3.05) is 11.4 Å². The summed E-state index contributed by atoms with van der Waals surface area (Å²) < 4.78 is 5.45. The number of rotatable bonds is 1. The van der Waals surface area contributed by atoms with E-state index < -0.39 is 5.41 Å². The van der Waals surface area contributed by atoms with Crippen LogP contribution in [-0.4, -0.2) is 22.5 Å². The molecule has 132 valence electrons. The van der Waals surface area contributed by atoms with Gasteiger partial charge in [-0.2, -0.15) is 0 Å². The molecule has 1 aromatic carbocycles. The van der Waals surface area contributed by atoms with Gasteiger partial charge in [0.1, 0.15) is 11.2 Å². The number of nitrogens with one attached hydrogen (secondary N) is 1. The molecule has 3 heterocycles. The van der Waals surface area contributed by atoms with Crippen LogP contribution in [0.4, 0.5) is 5.95 Å². The zero-order chi connectivity index (χ0) is 17.7. The van der Waals surface area contributed by atoms with Crippen molar-refractivity contribution in [1.29, 1.82) is 0 Å². The molecule has 1 atom stereocenters. The van der Waals surface area contributed by atoms with Gasteiger partial charge < -0.3 is 9.64 Å². The molecule has 3 aliphatic rings. The zero-order valence-corrected chi connectivity index (χ0v) is 14.3. The molecule has 0 saturated carbocycles. The lowest BCUT2D eigenvalue weighted by Crippen LogP contribution is -2.40. The first-order chi connectivity index (χ1) is 12.7. The Morgan fingerprint density at radius 3 is 2.85 bits per heavy atom.